The second-order valence-corrected chi connectivity index (χ2v) is 5.02. The molecule has 0 saturated heterocycles. The molecule has 0 aliphatic rings. The maximum Gasteiger partial charge on any atom is 0.327 e. The Morgan fingerprint density at radius 3 is 2.17 bits per heavy atom. The summed E-state index contributed by atoms with van der Waals surface area (Å²) in [5.41, 5.74) is -0.331. The first kappa shape index (κ1) is 16.4. The van der Waals surface area contributed by atoms with E-state index < -0.39 is 17.9 Å². The Hall–Kier alpha value is -1.63. The largest absolute Gasteiger partial charge is 0.480 e. The molecule has 7 heteroatoms. The van der Waals surface area contributed by atoms with E-state index in [9.17, 15) is 14.4 Å². The van der Waals surface area contributed by atoms with E-state index in [4.69, 9.17) is 5.11 Å². The average molecular weight is 259 g/mol. The molecule has 0 aromatic rings. The van der Waals surface area contributed by atoms with Crippen LogP contribution in [0.4, 0.5) is 0 Å². The third kappa shape index (κ3) is 8.51. The lowest BCUT2D eigenvalue weighted by molar-refractivity contribution is -0.141. The molecule has 0 bridgehead atoms. The summed E-state index contributed by atoms with van der Waals surface area (Å²) >= 11 is 0. The molecule has 0 aliphatic carbocycles. The van der Waals surface area contributed by atoms with Crippen LogP contribution < -0.4 is 16.0 Å². The summed E-state index contributed by atoms with van der Waals surface area (Å²) in [7, 11) is 0. The zero-order chi connectivity index (χ0) is 14.3. The van der Waals surface area contributed by atoms with Crippen LogP contribution in [-0.2, 0) is 14.4 Å². The normalized spacial score (nSPS) is 12.7. The van der Waals surface area contributed by atoms with Crippen molar-refractivity contribution in [3.05, 3.63) is 0 Å². The molecular formula is C11H21N3O4. The van der Waals surface area contributed by atoms with Gasteiger partial charge in [0.25, 0.3) is 0 Å². The topological polar surface area (TPSA) is 108 Å². The molecule has 104 valence electrons. The van der Waals surface area contributed by atoms with Gasteiger partial charge in [0.1, 0.15) is 6.04 Å². The third-order valence-corrected chi connectivity index (χ3v) is 1.82. The highest BCUT2D eigenvalue weighted by atomic mass is 16.4. The van der Waals surface area contributed by atoms with Crippen LogP contribution >= 0.6 is 0 Å². The van der Waals surface area contributed by atoms with Crippen molar-refractivity contribution in [3.63, 3.8) is 0 Å². The zero-order valence-corrected chi connectivity index (χ0v) is 11.2. The first-order valence-corrected chi connectivity index (χ1v) is 5.63. The maximum atomic E-state index is 11.4. The summed E-state index contributed by atoms with van der Waals surface area (Å²) in [4.78, 5) is 33.0. The van der Waals surface area contributed by atoms with Crippen molar-refractivity contribution >= 4 is 17.8 Å². The number of aliphatic carboxylic acids is 1. The molecule has 7 nitrogen and oxygen atoms in total. The average Bonchev–Trinajstić information content (AvgIpc) is 2.12. The molecule has 0 fully saturated rings. The maximum absolute atomic E-state index is 11.4. The van der Waals surface area contributed by atoms with Crippen molar-refractivity contribution in [3.8, 4) is 0 Å². The van der Waals surface area contributed by atoms with Crippen LogP contribution in [-0.4, -0.2) is 47.6 Å². The van der Waals surface area contributed by atoms with E-state index in [1.807, 2.05) is 20.8 Å². The molecule has 0 heterocycles. The third-order valence-electron chi connectivity index (χ3n) is 1.82. The smallest absolute Gasteiger partial charge is 0.327 e. The highest BCUT2D eigenvalue weighted by molar-refractivity contribution is 5.82. The van der Waals surface area contributed by atoms with Gasteiger partial charge in [-0.2, -0.15) is 0 Å². The minimum Gasteiger partial charge on any atom is -0.480 e. The Morgan fingerprint density at radius 1 is 1.22 bits per heavy atom. The lowest BCUT2D eigenvalue weighted by Crippen LogP contribution is -2.50. The molecule has 0 aromatic carbocycles. The molecular weight excluding hydrogens is 238 g/mol. The number of carbonyl (C=O) groups is 3. The van der Waals surface area contributed by atoms with Gasteiger partial charge in [-0.1, -0.05) is 0 Å². The first-order chi connectivity index (χ1) is 8.11. The number of carbonyl (C=O) groups excluding carboxylic acids is 2. The van der Waals surface area contributed by atoms with E-state index in [0.29, 0.717) is 0 Å². The summed E-state index contributed by atoms with van der Waals surface area (Å²) in [6.45, 7) is 6.78. The molecule has 0 radical (unpaired) electrons. The highest BCUT2D eigenvalue weighted by Gasteiger charge is 2.19. The van der Waals surface area contributed by atoms with E-state index in [-0.39, 0.29) is 24.5 Å². The second-order valence-electron chi connectivity index (χ2n) is 5.02. The Morgan fingerprint density at radius 2 is 1.78 bits per heavy atom. The van der Waals surface area contributed by atoms with Crippen LogP contribution in [0.5, 0.6) is 0 Å². The number of carboxylic acid groups (broad SMARTS) is 1. The van der Waals surface area contributed by atoms with Crippen molar-refractivity contribution in [2.45, 2.75) is 39.3 Å². The molecule has 0 rings (SSSR count). The van der Waals surface area contributed by atoms with Crippen LogP contribution in [0.3, 0.4) is 0 Å². The van der Waals surface area contributed by atoms with Gasteiger partial charge in [-0.25, -0.2) is 4.79 Å². The fourth-order valence-corrected chi connectivity index (χ4v) is 1.24. The molecule has 1 unspecified atom stereocenters. The van der Waals surface area contributed by atoms with Crippen molar-refractivity contribution in [1.82, 2.24) is 16.0 Å². The fourth-order valence-electron chi connectivity index (χ4n) is 1.24. The van der Waals surface area contributed by atoms with Gasteiger partial charge in [0.05, 0.1) is 6.54 Å². The number of rotatable bonds is 6. The van der Waals surface area contributed by atoms with Crippen LogP contribution in [0.1, 0.15) is 27.7 Å². The van der Waals surface area contributed by atoms with Crippen molar-refractivity contribution in [2.24, 2.45) is 0 Å². The Labute approximate surface area is 106 Å². The van der Waals surface area contributed by atoms with Gasteiger partial charge in [-0.3, -0.25) is 9.59 Å². The van der Waals surface area contributed by atoms with E-state index in [1.54, 1.807) is 0 Å². The monoisotopic (exact) mass is 259 g/mol. The van der Waals surface area contributed by atoms with Crippen molar-refractivity contribution < 1.29 is 19.5 Å². The Bertz CT molecular complexity index is 323. The number of hydrogen-bond donors (Lipinski definition) is 4. The summed E-state index contributed by atoms with van der Waals surface area (Å²) in [5.74, 6) is -1.80. The predicted octanol–water partition coefficient (Wildman–Crippen LogP) is -0.920. The quantitative estimate of drug-likeness (QED) is 0.493. The minimum absolute atomic E-state index is 0.000630. The van der Waals surface area contributed by atoms with Gasteiger partial charge in [0.2, 0.25) is 11.8 Å². The van der Waals surface area contributed by atoms with Gasteiger partial charge >= 0.3 is 5.97 Å². The molecule has 1 atom stereocenters. The van der Waals surface area contributed by atoms with E-state index in [1.165, 1.54) is 6.92 Å². The van der Waals surface area contributed by atoms with Crippen LogP contribution in [0.15, 0.2) is 0 Å². The Balaban J connectivity index is 4.03. The zero-order valence-electron chi connectivity index (χ0n) is 11.2. The van der Waals surface area contributed by atoms with Crippen molar-refractivity contribution in [2.75, 3.05) is 13.1 Å². The first-order valence-electron chi connectivity index (χ1n) is 5.63. The standard InChI is InChI=1S/C11H21N3O4/c1-7(15)13-8(10(17)18)5-12-6-9(16)14-11(2,3)4/h8,12H,5-6H2,1-4H3,(H,13,15)(H,14,16)(H,17,18). The van der Waals surface area contributed by atoms with E-state index in [0.717, 1.165) is 0 Å². The van der Waals surface area contributed by atoms with Gasteiger partial charge in [0.15, 0.2) is 0 Å². The number of amides is 2. The lowest BCUT2D eigenvalue weighted by Gasteiger charge is -2.21. The minimum atomic E-state index is -1.14. The van der Waals surface area contributed by atoms with E-state index in [2.05, 4.69) is 16.0 Å². The van der Waals surface area contributed by atoms with Crippen molar-refractivity contribution in [1.29, 1.82) is 0 Å². The molecule has 18 heavy (non-hydrogen) atoms. The summed E-state index contributed by atoms with van der Waals surface area (Å²) < 4.78 is 0. The predicted molar refractivity (Wildman–Crippen MR) is 66.0 cm³/mol. The number of carboxylic acids is 1. The summed E-state index contributed by atoms with van der Waals surface area (Å²) in [5, 5.41) is 16.5. The number of nitrogens with one attached hydrogen (secondary N) is 3. The summed E-state index contributed by atoms with van der Waals surface area (Å²) in [6, 6.07) is -1.04. The fraction of sp³-hybridized carbons (Fsp3) is 0.727. The van der Waals surface area contributed by atoms with E-state index >= 15 is 0 Å². The summed E-state index contributed by atoms with van der Waals surface area (Å²) in [6.07, 6.45) is 0. The molecule has 0 aromatic heterocycles. The van der Waals surface area contributed by atoms with Gasteiger partial charge < -0.3 is 21.1 Å². The Kier molecular flexibility index (Phi) is 6.32. The van der Waals surface area contributed by atoms with Gasteiger partial charge in [-0.05, 0) is 20.8 Å². The van der Waals surface area contributed by atoms with Crippen LogP contribution in [0, 0.1) is 0 Å². The van der Waals surface area contributed by atoms with Gasteiger partial charge in [0, 0.05) is 19.0 Å². The molecule has 4 N–H and O–H groups in total. The van der Waals surface area contributed by atoms with Crippen LogP contribution in [0.2, 0.25) is 0 Å². The lowest BCUT2D eigenvalue weighted by atomic mass is 10.1. The highest BCUT2D eigenvalue weighted by Crippen LogP contribution is 1.97. The van der Waals surface area contributed by atoms with Gasteiger partial charge in [-0.15, -0.1) is 0 Å². The molecule has 0 saturated carbocycles. The van der Waals surface area contributed by atoms with Crippen LogP contribution in [0.25, 0.3) is 0 Å². The molecule has 0 spiro atoms. The number of hydrogen-bond acceptors (Lipinski definition) is 4. The molecule has 0 aliphatic heterocycles. The SMILES string of the molecule is CC(=O)NC(CNCC(=O)NC(C)(C)C)C(=O)O. The molecule has 2 amide bonds. The second kappa shape index (κ2) is 6.95.